The molecule has 0 radical (unpaired) electrons. The summed E-state index contributed by atoms with van der Waals surface area (Å²) in [5.74, 6) is -1.27. The molecule has 1 N–H and O–H groups in total. The number of hydrogen-bond acceptors (Lipinski definition) is 4. The second-order valence-electron chi connectivity index (χ2n) is 5.35. The number of nitrogens with zero attached hydrogens (tertiary/aromatic N) is 1. The van der Waals surface area contributed by atoms with Crippen LogP contribution < -0.4 is 4.74 Å². The van der Waals surface area contributed by atoms with Crippen molar-refractivity contribution in [3.8, 4) is 5.75 Å². The fraction of sp³-hybridized carbons (Fsp3) is 0.533. The van der Waals surface area contributed by atoms with Gasteiger partial charge in [0.15, 0.2) is 5.75 Å². The molecule has 0 aliphatic rings. The van der Waals surface area contributed by atoms with Crippen LogP contribution in [0.25, 0.3) is 0 Å². The van der Waals surface area contributed by atoms with E-state index < -0.39 is 16.8 Å². The van der Waals surface area contributed by atoms with Crippen LogP contribution in [0.4, 0.5) is 5.69 Å². The second kappa shape index (κ2) is 7.61. The zero-order chi connectivity index (χ0) is 16.0. The molecule has 116 valence electrons. The van der Waals surface area contributed by atoms with Crippen molar-refractivity contribution in [3.05, 3.63) is 33.9 Å². The van der Waals surface area contributed by atoms with Crippen molar-refractivity contribution in [2.24, 2.45) is 5.92 Å². The first-order chi connectivity index (χ1) is 9.86. The standard InChI is InChI=1S/C15H21NO5/c1-4-7-21-14-9-11(5-6-13(14)16(19)20)12(15(17)18)8-10(2)3/h5-6,9-10,12H,4,7-8H2,1-3H3,(H,17,18). The Morgan fingerprint density at radius 3 is 2.57 bits per heavy atom. The van der Waals surface area contributed by atoms with Crippen molar-refractivity contribution in [1.29, 1.82) is 0 Å². The molecule has 6 heteroatoms. The molecule has 0 heterocycles. The van der Waals surface area contributed by atoms with Gasteiger partial charge in [-0.2, -0.15) is 0 Å². The summed E-state index contributed by atoms with van der Waals surface area (Å²) >= 11 is 0. The van der Waals surface area contributed by atoms with Crippen molar-refractivity contribution >= 4 is 11.7 Å². The first-order valence-electron chi connectivity index (χ1n) is 7.00. The molecule has 0 spiro atoms. The zero-order valence-corrected chi connectivity index (χ0v) is 12.5. The summed E-state index contributed by atoms with van der Waals surface area (Å²) in [7, 11) is 0. The zero-order valence-electron chi connectivity index (χ0n) is 12.5. The van der Waals surface area contributed by atoms with E-state index in [1.165, 1.54) is 18.2 Å². The Morgan fingerprint density at radius 1 is 1.43 bits per heavy atom. The predicted octanol–water partition coefficient (Wildman–Crippen LogP) is 3.60. The van der Waals surface area contributed by atoms with E-state index in [0.29, 0.717) is 18.6 Å². The summed E-state index contributed by atoms with van der Waals surface area (Å²) < 4.78 is 5.39. The van der Waals surface area contributed by atoms with Gasteiger partial charge < -0.3 is 9.84 Å². The summed E-state index contributed by atoms with van der Waals surface area (Å²) in [5.41, 5.74) is 0.397. The Balaban J connectivity index is 3.17. The Labute approximate surface area is 123 Å². The van der Waals surface area contributed by atoms with Crippen LogP contribution in [0, 0.1) is 16.0 Å². The third-order valence-corrected chi connectivity index (χ3v) is 3.05. The van der Waals surface area contributed by atoms with E-state index in [-0.39, 0.29) is 17.4 Å². The monoisotopic (exact) mass is 295 g/mol. The van der Waals surface area contributed by atoms with E-state index in [4.69, 9.17) is 4.74 Å². The topological polar surface area (TPSA) is 89.7 Å². The normalized spacial score (nSPS) is 12.2. The lowest BCUT2D eigenvalue weighted by atomic mass is 9.90. The number of ether oxygens (including phenoxy) is 1. The summed E-state index contributed by atoms with van der Waals surface area (Å²) in [6.45, 7) is 6.13. The number of nitro groups is 1. The molecule has 0 aromatic heterocycles. The first-order valence-corrected chi connectivity index (χ1v) is 7.00. The molecule has 1 rings (SSSR count). The SMILES string of the molecule is CCCOc1cc(C(CC(C)C)C(=O)O)ccc1[N+](=O)[O-]. The maximum atomic E-state index is 11.4. The molecular formula is C15H21NO5. The van der Waals surface area contributed by atoms with E-state index in [0.717, 1.165) is 6.42 Å². The smallest absolute Gasteiger partial charge is 0.310 e. The number of nitro benzene ring substituents is 1. The van der Waals surface area contributed by atoms with Crippen LogP contribution in [0.5, 0.6) is 5.75 Å². The number of carboxylic acid groups (broad SMARTS) is 1. The van der Waals surface area contributed by atoms with Gasteiger partial charge in [0.1, 0.15) is 0 Å². The number of rotatable bonds is 8. The van der Waals surface area contributed by atoms with Crippen molar-refractivity contribution < 1.29 is 19.6 Å². The first kappa shape index (κ1) is 16.9. The van der Waals surface area contributed by atoms with Gasteiger partial charge in [-0.25, -0.2) is 0 Å². The highest BCUT2D eigenvalue weighted by atomic mass is 16.6. The lowest BCUT2D eigenvalue weighted by Gasteiger charge is -2.16. The molecule has 21 heavy (non-hydrogen) atoms. The van der Waals surface area contributed by atoms with Crippen LogP contribution in [-0.4, -0.2) is 22.6 Å². The van der Waals surface area contributed by atoms with Crippen LogP contribution in [0.2, 0.25) is 0 Å². The number of aliphatic carboxylic acids is 1. The minimum absolute atomic E-state index is 0.134. The van der Waals surface area contributed by atoms with Gasteiger partial charge in [-0.3, -0.25) is 14.9 Å². The van der Waals surface area contributed by atoms with Crippen LogP contribution >= 0.6 is 0 Å². The number of hydrogen-bond donors (Lipinski definition) is 1. The van der Waals surface area contributed by atoms with Crippen molar-refractivity contribution in [1.82, 2.24) is 0 Å². The maximum Gasteiger partial charge on any atom is 0.310 e. The average Bonchev–Trinajstić information content (AvgIpc) is 2.41. The molecular weight excluding hydrogens is 274 g/mol. The predicted molar refractivity (Wildman–Crippen MR) is 78.7 cm³/mol. The van der Waals surface area contributed by atoms with Gasteiger partial charge in [0.2, 0.25) is 0 Å². The molecule has 0 fully saturated rings. The molecule has 0 amide bonds. The third-order valence-electron chi connectivity index (χ3n) is 3.05. The van der Waals surface area contributed by atoms with Crippen LogP contribution in [0.3, 0.4) is 0 Å². The lowest BCUT2D eigenvalue weighted by Crippen LogP contribution is -2.14. The molecule has 0 saturated heterocycles. The molecule has 1 atom stereocenters. The third kappa shape index (κ3) is 4.73. The van der Waals surface area contributed by atoms with Gasteiger partial charge in [-0.15, -0.1) is 0 Å². The minimum Gasteiger partial charge on any atom is -0.487 e. The summed E-state index contributed by atoms with van der Waals surface area (Å²) in [6, 6.07) is 4.30. The summed E-state index contributed by atoms with van der Waals surface area (Å²) in [6.07, 6.45) is 1.19. The number of carboxylic acids is 1. The van der Waals surface area contributed by atoms with Crippen molar-refractivity contribution in [2.45, 2.75) is 39.5 Å². The van der Waals surface area contributed by atoms with Crippen molar-refractivity contribution in [2.75, 3.05) is 6.61 Å². The fourth-order valence-electron chi connectivity index (χ4n) is 2.08. The Kier molecular flexibility index (Phi) is 6.14. The molecule has 0 bridgehead atoms. The minimum atomic E-state index is -0.931. The molecule has 1 aromatic carbocycles. The number of benzene rings is 1. The molecule has 6 nitrogen and oxygen atoms in total. The van der Waals surface area contributed by atoms with Gasteiger partial charge in [0.25, 0.3) is 0 Å². The quantitative estimate of drug-likeness (QED) is 0.584. The highest BCUT2D eigenvalue weighted by molar-refractivity contribution is 5.76. The molecule has 1 aromatic rings. The van der Waals surface area contributed by atoms with Crippen molar-refractivity contribution in [3.63, 3.8) is 0 Å². The average molecular weight is 295 g/mol. The highest BCUT2D eigenvalue weighted by Gasteiger charge is 2.24. The fourth-order valence-corrected chi connectivity index (χ4v) is 2.08. The Morgan fingerprint density at radius 2 is 2.10 bits per heavy atom. The largest absolute Gasteiger partial charge is 0.487 e. The molecule has 1 unspecified atom stereocenters. The number of carbonyl (C=O) groups is 1. The molecule has 0 aliphatic carbocycles. The van der Waals surface area contributed by atoms with Gasteiger partial charge in [-0.05, 0) is 30.4 Å². The molecule has 0 saturated carbocycles. The van der Waals surface area contributed by atoms with E-state index >= 15 is 0 Å². The maximum absolute atomic E-state index is 11.4. The van der Waals surface area contributed by atoms with E-state index in [1.807, 2.05) is 20.8 Å². The van der Waals surface area contributed by atoms with Crippen LogP contribution in [0.1, 0.15) is 45.1 Å². The van der Waals surface area contributed by atoms with E-state index in [2.05, 4.69) is 0 Å². The Bertz CT molecular complexity index is 513. The summed E-state index contributed by atoms with van der Waals surface area (Å²) in [4.78, 5) is 21.9. The van der Waals surface area contributed by atoms with E-state index in [9.17, 15) is 20.0 Å². The van der Waals surface area contributed by atoms with Gasteiger partial charge in [0.05, 0.1) is 17.4 Å². The Hall–Kier alpha value is -2.11. The summed E-state index contributed by atoms with van der Waals surface area (Å²) in [5, 5.41) is 20.3. The molecule has 0 aliphatic heterocycles. The second-order valence-corrected chi connectivity index (χ2v) is 5.35. The van der Waals surface area contributed by atoms with Crippen LogP contribution in [-0.2, 0) is 4.79 Å². The van der Waals surface area contributed by atoms with Gasteiger partial charge in [-0.1, -0.05) is 26.8 Å². The highest BCUT2D eigenvalue weighted by Crippen LogP contribution is 2.33. The van der Waals surface area contributed by atoms with Gasteiger partial charge in [0, 0.05) is 6.07 Å². The van der Waals surface area contributed by atoms with Crippen LogP contribution in [0.15, 0.2) is 18.2 Å². The van der Waals surface area contributed by atoms with E-state index in [1.54, 1.807) is 0 Å². The lowest BCUT2D eigenvalue weighted by molar-refractivity contribution is -0.385. The van der Waals surface area contributed by atoms with Gasteiger partial charge >= 0.3 is 11.7 Å².